The van der Waals surface area contributed by atoms with Gasteiger partial charge in [0.25, 0.3) is 5.91 Å². The van der Waals surface area contributed by atoms with Crippen molar-refractivity contribution in [1.29, 1.82) is 0 Å². The van der Waals surface area contributed by atoms with Gasteiger partial charge in [0.05, 0.1) is 14.2 Å². The summed E-state index contributed by atoms with van der Waals surface area (Å²) in [5.41, 5.74) is 1.25. The fourth-order valence-corrected chi connectivity index (χ4v) is 2.39. The zero-order valence-corrected chi connectivity index (χ0v) is 15.9. The van der Waals surface area contributed by atoms with Gasteiger partial charge in [-0.25, -0.2) is 4.79 Å². The molecule has 0 radical (unpaired) electrons. The SMILES string of the molecule is COc1ccc(/C=C/C(=O)O[C@H](C)C(=O)Nc2cccc(Cl)c2)cc1OC. The lowest BCUT2D eigenvalue weighted by Crippen LogP contribution is -2.29. The Morgan fingerprint density at radius 2 is 1.81 bits per heavy atom. The molecular formula is C20H20ClNO5. The second-order valence-electron chi connectivity index (χ2n) is 5.53. The van der Waals surface area contributed by atoms with Crippen molar-refractivity contribution in [2.24, 2.45) is 0 Å². The summed E-state index contributed by atoms with van der Waals surface area (Å²) >= 11 is 5.87. The highest BCUT2D eigenvalue weighted by Gasteiger charge is 2.16. The fraction of sp³-hybridized carbons (Fsp3) is 0.200. The molecular weight excluding hydrogens is 370 g/mol. The molecule has 0 spiro atoms. The Morgan fingerprint density at radius 1 is 1.07 bits per heavy atom. The summed E-state index contributed by atoms with van der Waals surface area (Å²) in [6.45, 7) is 1.49. The Hall–Kier alpha value is -2.99. The predicted molar refractivity (Wildman–Crippen MR) is 104 cm³/mol. The van der Waals surface area contributed by atoms with E-state index in [1.54, 1.807) is 55.7 Å². The van der Waals surface area contributed by atoms with Crippen molar-refractivity contribution < 1.29 is 23.8 Å². The number of nitrogens with one attached hydrogen (secondary N) is 1. The van der Waals surface area contributed by atoms with E-state index in [1.165, 1.54) is 20.1 Å². The van der Waals surface area contributed by atoms with Gasteiger partial charge >= 0.3 is 5.97 Å². The van der Waals surface area contributed by atoms with Crippen LogP contribution in [0.15, 0.2) is 48.5 Å². The standard InChI is InChI=1S/C20H20ClNO5/c1-13(20(24)22-16-6-4-5-15(21)12-16)27-19(23)10-8-14-7-9-17(25-2)18(11-14)26-3/h4-13H,1-3H3,(H,22,24)/b10-8+/t13-/m1/s1. The number of hydrogen-bond acceptors (Lipinski definition) is 5. The zero-order valence-electron chi connectivity index (χ0n) is 15.2. The van der Waals surface area contributed by atoms with Crippen LogP contribution in [0.1, 0.15) is 12.5 Å². The van der Waals surface area contributed by atoms with Gasteiger partial charge in [-0.2, -0.15) is 0 Å². The third-order valence-corrected chi connectivity index (χ3v) is 3.81. The van der Waals surface area contributed by atoms with E-state index < -0.39 is 18.0 Å². The van der Waals surface area contributed by atoms with Crippen LogP contribution >= 0.6 is 11.6 Å². The van der Waals surface area contributed by atoms with Crippen molar-refractivity contribution in [3.05, 3.63) is 59.1 Å². The van der Waals surface area contributed by atoms with E-state index in [-0.39, 0.29) is 0 Å². The van der Waals surface area contributed by atoms with Gasteiger partial charge in [-0.3, -0.25) is 4.79 Å². The van der Waals surface area contributed by atoms with E-state index in [0.29, 0.717) is 22.2 Å². The summed E-state index contributed by atoms with van der Waals surface area (Å²) in [7, 11) is 3.07. The smallest absolute Gasteiger partial charge is 0.331 e. The Morgan fingerprint density at radius 3 is 2.48 bits per heavy atom. The van der Waals surface area contributed by atoms with Gasteiger partial charge in [-0.15, -0.1) is 0 Å². The molecule has 0 bridgehead atoms. The molecule has 1 N–H and O–H groups in total. The maximum absolute atomic E-state index is 12.1. The fourth-order valence-electron chi connectivity index (χ4n) is 2.20. The van der Waals surface area contributed by atoms with Crippen LogP contribution in [0.5, 0.6) is 11.5 Å². The number of ether oxygens (including phenoxy) is 3. The number of hydrogen-bond donors (Lipinski definition) is 1. The third kappa shape index (κ3) is 6.04. The van der Waals surface area contributed by atoms with Gasteiger partial charge in [0, 0.05) is 16.8 Å². The lowest BCUT2D eigenvalue weighted by molar-refractivity contribution is -0.148. The van der Waals surface area contributed by atoms with Gasteiger partial charge in [0.2, 0.25) is 0 Å². The minimum absolute atomic E-state index is 0.454. The van der Waals surface area contributed by atoms with Crippen LogP contribution in [0.4, 0.5) is 5.69 Å². The molecule has 0 saturated carbocycles. The number of anilines is 1. The van der Waals surface area contributed by atoms with Crippen LogP contribution in [-0.2, 0) is 14.3 Å². The zero-order chi connectivity index (χ0) is 19.8. The first kappa shape index (κ1) is 20.3. The molecule has 2 aromatic carbocycles. The van der Waals surface area contributed by atoms with Crippen LogP contribution in [-0.4, -0.2) is 32.2 Å². The van der Waals surface area contributed by atoms with E-state index >= 15 is 0 Å². The van der Waals surface area contributed by atoms with E-state index in [4.69, 9.17) is 25.8 Å². The highest BCUT2D eigenvalue weighted by molar-refractivity contribution is 6.30. The predicted octanol–water partition coefficient (Wildman–Crippen LogP) is 3.94. The van der Waals surface area contributed by atoms with Crippen molar-refractivity contribution in [3.63, 3.8) is 0 Å². The molecule has 0 aliphatic heterocycles. The normalized spacial score (nSPS) is 11.7. The molecule has 0 saturated heterocycles. The lowest BCUT2D eigenvalue weighted by atomic mass is 10.2. The number of carbonyl (C=O) groups is 2. The van der Waals surface area contributed by atoms with Gasteiger partial charge in [0.1, 0.15) is 0 Å². The number of esters is 1. The molecule has 142 valence electrons. The second-order valence-corrected chi connectivity index (χ2v) is 5.96. The molecule has 0 aromatic heterocycles. The summed E-state index contributed by atoms with van der Waals surface area (Å²) in [6, 6.07) is 11.9. The highest BCUT2D eigenvalue weighted by Crippen LogP contribution is 2.28. The Bertz CT molecular complexity index is 850. The Kier molecular flexibility index (Phi) is 7.25. The van der Waals surface area contributed by atoms with Crippen molar-refractivity contribution in [3.8, 4) is 11.5 Å². The summed E-state index contributed by atoms with van der Waals surface area (Å²) in [5.74, 6) is 0.0366. The van der Waals surface area contributed by atoms with Gasteiger partial charge in [-0.05, 0) is 48.9 Å². The van der Waals surface area contributed by atoms with Gasteiger partial charge in [0.15, 0.2) is 17.6 Å². The molecule has 1 amide bonds. The first-order chi connectivity index (χ1) is 12.9. The summed E-state index contributed by atoms with van der Waals surface area (Å²) in [5, 5.41) is 3.13. The van der Waals surface area contributed by atoms with E-state index in [9.17, 15) is 9.59 Å². The quantitative estimate of drug-likeness (QED) is 0.573. The van der Waals surface area contributed by atoms with Crippen molar-refractivity contribution >= 4 is 35.2 Å². The third-order valence-electron chi connectivity index (χ3n) is 3.57. The van der Waals surface area contributed by atoms with Crippen molar-refractivity contribution in [2.45, 2.75) is 13.0 Å². The van der Waals surface area contributed by atoms with Crippen LogP contribution in [0.3, 0.4) is 0 Å². The number of amides is 1. The number of carbonyl (C=O) groups excluding carboxylic acids is 2. The maximum Gasteiger partial charge on any atom is 0.331 e. The molecule has 0 aliphatic rings. The van der Waals surface area contributed by atoms with E-state index in [0.717, 1.165) is 5.56 Å². The molecule has 0 fully saturated rings. The molecule has 2 rings (SSSR count). The van der Waals surface area contributed by atoms with E-state index in [1.807, 2.05) is 0 Å². The monoisotopic (exact) mass is 389 g/mol. The van der Waals surface area contributed by atoms with Crippen LogP contribution in [0, 0.1) is 0 Å². The van der Waals surface area contributed by atoms with Crippen LogP contribution < -0.4 is 14.8 Å². The Balaban J connectivity index is 1.94. The van der Waals surface area contributed by atoms with Crippen LogP contribution in [0.25, 0.3) is 6.08 Å². The van der Waals surface area contributed by atoms with Gasteiger partial charge in [-0.1, -0.05) is 23.7 Å². The molecule has 1 atom stereocenters. The number of halogens is 1. The summed E-state index contributed by atoms with van der Waals surface area (Å²) in [4.78, 5) is 24.1. The average Bonchev–Trinajstić information content (AvgIpc) is 2.66. The second kappa shape index (κ2) is 9.64. The first-order valence-corrected chi connectivity index (χ1v) is 8.48. The molecule has 0 unspecified atom stereocenters. The molecule has 7 heteroatoms. The molecule has 2 aromatic rings. The van der Waals surface area contributed by atoms with Crippen molar-refractivity contribution in [1.82, 2.24) is 0 Å². The van der Waals surface area contributed by atoms with Crippen LogP contribution in [0.2, 0.25) is 5.02 Å². The molecule has 27 heavy (non-hydrogen) atoms. The average molecular weight is 390 g/mol. The highest BCUT2D eigenvalue weighted by atomic mass is 35.5. The lowest BCUT2D eigenvalue weighted by Gasteiger charge is -2.12. The maximum atomic E-state index is 12.1. The molecule has 0 aliphatic carbocycles. The summed E-state index contributed by atoms with van der Waals surface area (Å²) < 4.78 is 15.5. The minimum atomic E-state index is -0.966. The number of benzene rings is 2. The largest absolute Gasteiger partial charge is 0.493 e. The summed E-state index contributed by atoms with van der Waals surface area (Å²) in [6.07, 6.45) is 1.84. The molecule has 0 heterocycles. The Labute approximate surface area is 162 Å². The number of methoxy groups -OCH3 is 2. The number of rotatable bonds is 7. The topological polar surface area (TPSA) is 73.9 Å². The van der Waals surface area contributed by atoms with E-state index in [2.05, 4.69) is 5.32 Å². The molecule has 6 nitrogen and oxygen atoms in total. The van der Waals surface area contributed by atoms with Gasteiger partial charge < -0.3 is 19.5 Å². The van der Waals surface area contributed by atoms with Crippen molar-refractivity contribution in [2.75, 3.05) is 19.5 Å². The first-order valence-electron chi connectivity index (χ1n) is 8.10. The minimum Gasteiger partial charge on any atom is -0.493 e.